The van der Waals surface area contributed by atoms with Gasteiger partial charge in [0.15, 0.2) is 23.0 Å². The molecule has 0 radical (unpaired) electrons. The van der Waals surface area contributed by atoms with Crippen LogP contribution in [0.2, 0.25) is 0 Å². The molecule has 0 saturated heterocycles. The molecule has 1 N–H and O–H groups in total. The fourth-order valence-corrected chi connectivity index (χ4v) is 5.02. The van der Waals surface area contributed by atoms with Crippen LogP contribution in [0, 0.1) is 0 Å². The Morgan fingerprint density at radius 2 is 1.26 bits per heavy atom. The summed E-state index contributed by atoms with van der Waals surface area (Å²) >= 11 is 0. The number of ether oxygens (including phenoxy) is 2. The Morgan fingerprint density at radius 3 is 2.08 bits per heavy atom. The number of para-hydroxylation sites is 1. The van der Waals surface area contributed by atoms with Crippen molar-refractivity contribution in [3.8, 4) is 34.1 Å². The number of hydrogen-bond donors (Lipinski definition) is 1. The van der Waals surface area contributed by atoms with Crippen LogP contribution in [0.3, 0.4) is 0 Å². The van der Waals surface area contributed by atoms with Crippen LogP contribution >= 0.6 is 0 Å². The second-order valence-corrected chi connectivity index (χ2v) is 9.48. The third-order valence-electron chi connectivity index (χ3n) is 6.97. The zero-order valence-electron chi connectivity index (χ0n) is 20.7. The maximum Gasteiger partial charge on any atom is 0.170 e. The Hall–Kier alpha value is -5.02. The fourth-order valence-electron chi connectivity index (χ4n) is 5.02. The highest BCUT2D eigenvalue weighted by molar-refractivity contribution is 5.87. The van der Waals surface area contributed by atoms with E-state index in [9.17, 15) is 0 Å². The number of hydrogen-bond acceptors (Lipinski definition) is 3. The zero-order chi connectivity index (χ0) is 25.3. The van der Waals surface area contributed by atoms with Crippen LogP contribution in [-0.2, 0) is 0 Å². The monoisotopic (exact) mass is 491 g/mol. The van der Waals surface area contributed by atoms with Gasteiger partial charge in [0.05, 0.1) is 0 Å². The largest absolute Gasteiger partial charge is 0.449 e. The number of allylic oxidation sites excluding steroid dienone is 5. The minimum absolute atomic E-state index is 0.250. The van der Waals surface area contributed by atoms with Crippen molar-refractivity contribution in [1.82, 2.24) is 0 Å². The summed E-state index contributed by atoms with van der Waals surface area (Å²) in [5.41, 5.74) is 5.48. The molecule has 0 fully saturated rings. The normalized spacial score (nSPS) is 15.5. The third-order valence-corrected chi connectivity index (χ3v) is 6.97. The van der Waals surface area contributed by atoms with Crippen LogP contribution in [0.1, 0.15) is 11.5 Å². The SMILES string of the molecule is C1=CC(c2ccccc2)C=CC(Nc2ccccc2-c2ccc3c(c2)Oc2cc4ccccc4cc2O3)=C1. The van der Waals surface area contributed by atoms with Gasteiger partial charge in [-0.3, -0.25) is 0 Å². The van der Waals surface area contributed by atoms with E-state index in [4.69, 9.17) is 9.47 Å². The first-order valence-corrected chi connectivity index (χ1v) is 12.8. The van der Waals surface area contributed by atoms with Crippen molar-refractivity contribution in [3.05, 3.63) is 151 Å². The Kier molecular flexibility index (Phi) is 5.52. The molecule has 5 aromatic rings. The third kappa shape index (κ3) is 4.25. The van der Waals surface area contributed by atoms with E-state index in [1.54, 1.807) is 0 Å². The van der Waals surface area contributed by atoms with E-state index >= 15 is 0 Å². The molecule has 0 amide bonds. The summed E-state index contributed by atoms with van der Waals surface area (Å²) in [5.74, 6) is 3.14. The number of rotatable bonds is 4. The van der Waals surface area contributed by atoms with E-state index in [1.807, 2.05) is 30.3 Å². The topological polar surface area (TPSA) is 30.5 Å². The molecule has 0 spiro atoms. The fraction of sp³-hybridized carbons (Fsp3) is 0.0286. The molecule has 1 aliphatic heterocycles. The molecule has 5 aromatic carbocycles. The number of benzene rings is 5. The summed E-state index contributed by atoms with van der Waals surface area (Å²) in [6.45, 7) is 0. The molecule has 182 valence electrons. The molecule has 0 bridgehead atoms. The van der Waals surface area contributed by atoms with Gasteiger partial charge >= 0.3 is 0 Å². The molecule has 1 heterocycles. The summed E-state index contributed by atoms with van der Waals surface area (Å²) in [5, 5.41) is 5.88. The van der Waals surface area contributed by atoms with E-state index in [0.717, 1.165) is 44.8 Å². The first kappa shape index (κ1) is 22.2. The van der Waals surface area contributed by atoms with Crippen molar-refractivity contribution in [2.75, 3.05) is 5.32 Å². The quantitative estimate of drug-likeness (QED) is 0.266. The average molecular weight is 492 g/mol. The first-order valence-electron chi connectivity index (χ1n) is 12.8. The van der Waals surface area contributed by atoms with Gasteiger partial charge in [-0.05, 0) is 64.4 Å². The molecule has 0 aromatic heterocycles. The van der Waals surface area contributed by atoms with Gasteiger partial charge in [0.2, 0.25) is 0 Å². The Morgan fingerprint density at radius 1 is 0.579 bits per heavy atom. The van der Waals surface area contributed by atoms with E-state index in [0.29, 0.717) is 11.5 Å². The molecule has 3 nitrogen and oxygen atoms in total. The second kappa shape index (κ2) is 9.45. The van der Waals surface area contributed by atoms with Crippen LogP contribution in [0.5, 0.6) is 23.0 Å². The van der Waals surface area contributed by atoms with E-state index in [2.05, 4.69) is 115 Å². The molecule has 1 aliphatic carbocycles. The van der Waals surface area contributed by atoms with Crippen molar-refractivity contribution in [3.63, 3.8) is 0 Å². The average Bonchev–Trinajstić information content (AvgIpc) is 3.21. The van der Waals surface area contributed by atoms with Gasteiger partial charge in [-0.1, -0.05) is 97.1 Å². The van der Waals surface area contributed by atoms with Gasteiger partial charge < -0.3 is 14.8 Å². The highest BCUT2D eigenvalue weighted by atomic mass is 16.6. The summed E-state index contributed by atoms with van der Waals surface area (Å²) in [4.78, 5) is 0. The lowest BCUT2D eigenvalue weighted by Crippen LogP contribution is -2.01. The van der Waals surface area contributed by atoms with Crippen molar-refractivity contribution in [1.29, 1.82) is 0 Å². The Bertz CT molecular complexity index is 1750. The molecular formula is C35H25NO2. The lowest BCUT2D eigenvalue weighted by atomic mass is 9.99. The van der Waals surface area contributed by atoms with Crippen molar-refractivity contribution in [2.24, 2.45) is 0 Å². The molecule has 2 aliphatic rings. The second-order valence-electron chi connectivity index (χ2n) is 9.48. The van der Waals surface area contributed by atoms with E-state index < -0.39 is 0 Å². The van der Waals surface area contributed by atoms with Crippen LogP contribution in [-0.4, -0.2) is 0 Å². The predicted octanol–water partition coefficient (Wildman–Crippen LogP) is 9.61. The standard InChI is InChI=1S/C35H25NO2/c1-2-9-24(10-3-1)25-13-8-14-29(19-17-25)36-31-16-7-6-15-30(31)28-18-20-32-33(23-28)38-35-22-27-12-5-4-11-26(27)21-34(35)37-32/h1-23,25,36H. The molecule has 3 heteroatoms. The molecule has 1 atom stereocenters. The first-order chi connectivity index (χ1) is 18.8. The predicted molar refractivity (Wildman–Crippen MR) is 155 cm³/mol. The van der Waals surface area contributed by atoms with Gasteiger partial charge in [-0.25, -0.2) is 0 Å². The maximum absolute atomic E-state index is 6.33. The number of fused-ring (bicyclic) bond motifs is 3. The minimum Gasteiger partial charge on any atom is -0.449 e. The van der Waals surface area contributed by atoms with Gasteiger partial charge in [0.25, 0.3) is 0 Å². The van der Waals surface area contributed by atoms with Crippen LogP contribution in [0.25, 0.3) is 21.9 Å². The van der Waals surface area contributed by atoms with E-state index in [-0.39, 0.29) is 5.92 Å². The maximum atomic E-state index is 6.33. The lowest BCUT2D eigenvalue weighted by molar-refractivity contribution is 0.360. The molecule has 7 rings (SSSR count). The van der Waals surface area contributed by atoms with Gasteiger partial charge in [0, 0.05) is 22.9 Å². The summed E-state index contributed by atoms with van der Waals surface area (Å²) in [7, 11) is 0. The molecule has 1 unspecified atom stereocenters. The van der Waals surface area contributed by atoms with Gasteiger partial charge in [-0.15, -0.1) is 0 Å². The molecular weight excluding hydrogens is 466 g/mol. The summed E-state index contributed by atoms with van der Waals surface area (Å²) < 4.78 is 12.6. The number of anilines is 1. The van der Waals surface area contributed by atoms with Crippen LogP contribution in [0.15, 0.2) is 145 Å². The Labute approximate surface area is 222 Å². The van der Waals surface area contributed by atoms with E-state index in [1.165, 1.54) is 5.56 Å². The Balaban J connectivity index is 1.16. The van der Waals surface area contributed by atoms with Gasteiger partial charge in [-0.2, -0.15) is 0 Å². The van der Waals surface area contributed by atoms with Crippen LogP contribution < -0.4 is 14.8 Å². The van der Waals surface area contributed by atoms with Gasteiger partial charge in [0.1, 0.15) is 0 Å². The van der Waals surface area contributed by atoms with Crippen molar-refractivity contribution in [2.45, 2.75) is 5.92 Å². The molecule has 38 heavy (non-hydrogen) atoms. The highest BCUT2D eigenvalue weighted by Gasteiger charge is 2.21. The zero-order valence-corrected chi connectivity index (χ0v) is 20.7. The summed E-state index contributed by atoms with van der Waals surface area (Å²) in [6, 6.07) is 37.3. The van der Waals surface area contributed by atoms with Crippen molar-refractivity contribution >= 4 is 16.5 Å². The van der Waals surface area contributed by atoms with Crippen LogP contribution in [0.4, 0.5) is 5.69 Å². The van der Waals surface area contributed by atoms with Crippen molar-refractivity contribution < 1.29 is 9.47 Å². The number of nitrogens with one attached hydrogen (secondary N) is 1. The summed E-state index contributed by atoms with van der Waals surface area (Å²) in [6.07, 6.45) is 10.8. The molecule has 0 saturated carbocycles. The highest BCUT2D eigenvalue weighted by Crippen LogP contribution is 2.48. The minimum atomic E-state index is 0.250. The smallest absolute Gasteiger partial charge is 0.170 e. The lowest BCUT2D eigenvalue weighted by Gasteiger charge is -2.22.